The number of nitrogens with zero attached hydrogens (tertiary/aromatic N) is 3. The van der Waals surface area contributed by atoms with Gasteiger partial charge in [0.15, 0.2) is 5.69 Å². The molecule has 1 aromatic heterocycles. The molecule has 110 valence electrons. The summed E-state index contributed by atoms with van der Waals surface area (Å²) in [6, 6.07) is 5.30. The number of carbonyl (C=O) groups excluding carboxylic acids is 1. The number of methoxy groups -OCH3 is 1. The third-order valence-corrected chi connectivity index (χ3v) is 3.58. The maximum absolute atomic E-state index is 12.1. The summed E-state index contributed by atoms with van der Waals surface area (Å²) >= 11 is 6.02. The zero-order valence-corrected chi connectivity index (χ0v) is 12.1. The Balaban J connectivity index is 1.70. The van der Waals surface area contributed by atoms with E-state index in [1.54, 1.807) is 29.1 Å². The summed E-state index contributed by atoms with van der Waals surface area (Å²) in [4.78, 5) is 12.1. The summed E-state index contributed by atoms with van der Waals surface area (Å²) < 4.78 is 6.76. The first-order valence-electron chi connectivity index (χ1n) is 6.45. The van der Waals surface area contributed by atoms with Crippen molar-refractivity contribution in [1.82, 2.24) is 20.3 Å². The van der Waals surface area contributed by atoms with Crippen molar-refractivity contribution < 1.29 is 9.53 Å². The minimum Gasteiger partial charge on any atom is -0.495 e. The summed E-state index contributed by atoms with van der Waals surface area (Å²) in [6.45, 7) is 1.69. The second-order valence-electron chi connectivity index (χ2n) is 4.70. The highest BCUT2D eigenvalue weighted by Gasteiger charge is 2.21. The molecule has 1 fully saturated rings. The Morgan fingerprint density at radius 1 is 1.52 bits per heavy atom. The second-order valence-corrected chi connectivity index (χ2v) is 5.11. The molecule has 2 N–H and O–H groups in total. The molecule has 2 aromatic rings. The van der Waals surface area contributed by atoms with Crippen LogP contribution in [0, 0.1) is 0 Å². The van der Waals surface area contributed by atoms with E-state index >= 15 is 0 Å². The van der Waals surface area contributed by atoms with E-state index < -0.39 is 0 Å². The van der Waals surface area contributed by atoms with Crippen LogP contribution >= 0.6 is 11.6 Å². The monoisotopic (exact) mass is 307 g/mol. The van der Waals surface area contributed by atoms with E-state index in [0.717, 1.165) is 13.1 Å². The van der Waals surface area contributed by atoms with Gasteiger partial charge < -0.3 is 15.4 Å². The summed E-state index contributed by atoms with van der Waals surface area (Å²) in [5.41, 5.74) is 0.847. The first kappa shape index (κ1) is 13.8. The molecule has 3 rings (SSSR count). The highest BCUT2D eigenvalue weighted by Crippen LogP contribution is 2.27. The van der Waals surface area contributed by atoms with Gasteiger partial charge in [0.05, 0.1) is 24.4 Å². The second kappa shape index (κ2) is 5.71. The minimum atomic E-state index is -0.324. The van der Waals surface area contributed by atoms with Gasteiger partial charge in [0, 0.05) is 18.8 Å². The van der Waals surface area contributed by atoms with Crippen LogP contribution in [-0.4, -0.2) is 41.1 Å². The maximum Gasteiger partial charge on any atom is 0.277 e. The Labute approximate surface area is 126 Å². The fourth-order valence-corrected chi connectivity index (χ4v) is 2.22. The number of nitrogens with one attached hydrogen (secondary N) is 2. The van der Waals surface area contributed by atoms with Crippen LogP contribution in [0.1, 0.15) is 16.5 Å². The largest absolute Gasteiger partial charge is 0.495 e. The molecule has 21 heavy (non-hydrogen) atoms. The summed E-state index contributed by atoms with van der Waals surface area (Å²) in [7, 11) is 1.53. The van der Waals surface area contributed by atoms with E-state index in [2.05, 4.69) is 20.9 Å². The van der Waals surface area contributed by atoms with E-state index in [1.807, 2.05) is 0 Å². The molecule has 0 unspecified atom stereocenters. The maximum atomic E-state index is 12.1. The number of hydrogen-bond acceptors (Lipinski definition) is 5. The van der Waals surface area contributed by atoms with Crippen LogP contribution in [0.2, 0.25) is 5.02 Å². The molecular weight excluding hydrogens is 294 g/mol. The summed E-state index contributed by atoms with van der Waals surface area (Å²) in [5, 5.41) is 14.2. The molecule has 2 heterocycles. The number of anilines is 1. The number of aromatic nitrogens is 3. The molecule has 1 aliphatic heterocycles. The minimum absolute atomic E-state index is 0.272. The van der Waals surface area contributed by atoms with Gasteiger partial charge in [-0.3, -0.25) is 4.79 Å². The average molecular weight is 308 g/mol. The van der Waals surface area contributed by atoms with Gasteiger partial charge in [-0.1, -0.05) is 16.8 Å². The third-order valence-electron chi connectivity index (χ3n) is 3.29. The van der Waals surface area contributed by atoms with Crippen molar-refractivity contribution in [3.05, 3.63) is 35.1 Å². The summed E-state index contributed by atoms with van der Waals surface area (Å²) in [6.07, 6.45) is 1.64. The van der Waals surface area contributed by atoms with Crippen LogP contribution < -0.4 is 15.4 Å². The third kappa shape index (κ3) is 2.84. The Hall–Kier alpha value is -2.12. The van der Waals surface area contributed by atoms with Crippen LogP contribution in [0.25, 0.3) is 0 Å². The van der Waals surface area contributed by atoms with Crippen molar-refractivity contribution in [3.63, 3.8) is 0 Å². The first-order chi connectivity index (χ1) is 10.2. The van der Waals surface area contributed by atoms with E-state index in [1.165, 1.54) is 7.11 Å². The zero-order valence-electron chi connectivity index (χ0n) is 11.3. The van der Waals surface area contributed by atoms with Crippen LogP contribution in [0.4, 0.5) is 5.69 Å². The Morgan fingerprint density at radius 2 is 2.33 bits per heavy atom. The number of amides is 1. The number of benzene rings is 1. The van der Waals surface area contributed by atoms with Crippen LogP contribution in [0.5, 0.6) is 5.75 Å². The number of carbonyl (C=O) groups is 1. The summed E-state index contributed by atoms with van der Waals surface area (Å²) in [5.74, 6) is 0.229. The smallest absolute Gasteiger partial charge is 0.277 e. The lowest BCUT2D eigenvalue weighted by atomic mass is 10.2. The first-order valence-corrected chi connectivity index (χ1v) is 6.82. The Kier molecular flexibility index (Phi) is 3.76. The van der Waals surface area contributed by atoms with Gasteiger partial charge in [-0.05, 0) is 18.2 Å². The number of halogens is 1. The normalized spacial score (nSPS) is 14.6. The Bertz CT molecular complexity index is 668. The van der Waals surface area contributed by atoms with E-state index in [9.17, 15) is 4.79 Å². The number of ether oxygens (including phenoxy) is 1. The predicted molar refractivity (Wildman–Crippen MR) is 77.9 cm³/mol. The molecule has 0 saturated carbocycles. The lowest BCUT2D eigenvalue weighted by Gasteiger charge is -2.26. The quantitative estimate of drug-likeness (QED) is 0.891. The van der Waals surface area contributed by atoms with Gasteiger partial charge in [0.2, 0.25) is 0 Å². The average Bonchev–Trinajstić information content (AvgIpc) is 2.86. The topological polar surface area (TPSA) is 81.1 Å². The lowest BCUT2D eigenvalue weighted by Crippen LogP contribution is -2.43. The van der Waals surface area contributed by atoms with Gasteiger partial charge in [-0.25, -0.2) is 4.68 Å². The molecule has 0 spiro atoms. The van der Waals surface area contributed by atoms with Crippen LogP contribution in [0.3, 0.4) is 0 Å². The van der Waals surface area contributed by atoms with Gasteiger partial charge in [-0.15, -0.1) is 5.10 Å². The van der Waals surface area contributed by atoms with E-state index in [0.29, 0.717) is 16.5 Å². The van der Waals surface area contributed by atoms with Gasteiger partial charge >= 0.3 is 0 Å². The molecule has 1 aliphatic rings. The number of rotatable bonds is 4. The van der Waals surface area contributed by atoms with E-state index in [-0.39, 0.29) is 17.6 Å². The molecular formula is C13H14ClN5O2. The van der Waals surface area contributed by atoms with Gasteiger partial charge in [0.25, 0.3) is 5.91 Å². The molecule has 1 saturated heterocycles. The molecule has 1 amide bonds. The molecule has 1 aromatic carbocycles. The van der Waals surface area contributed by atoms with Crippen molar-refractivity contribution in [2.75, 3.05) is 25.5 Å². The predicted octanol–water partition coefficient (Wildman–Crippen LogP) is 1.34. The molecule has 0 aliphatic carbocycles. The Morgan fingerprint density at radius 3 is 2.95 bits per heavy atom. The van der Waals surface area contributed by atoms with Gasteiger partial charge in [-0.2, -0.15) is 0 Å². The molecule has 7 nitrogen and oxygen atoms in total. The number of hydrogen-bond donors (Lipinski definition) is 2. The van der Waals surface area contributed by atoms with Crippen molar-refractivity contribution in [1.29, 1.82) is 0 Å². The fourth-order valence-electron chi connectivity index (χ4n) is 1.96. The van der Waals surface area contributed by atoms with E-state index in [4.69, 9.17) is 16.3 Å². The van der Waals surface area contributed by atoms with Crippen LogP contribution in [-0.2, 0) is 0 Å². The standard InChI is InChI=1S/C13H14ClN5O2/c1-21-12-3-2-8(4-10(12)14)16-13(20)11-7-19(18-17-11)9-5-15-6-9/h2-4,7,9,15H,5-6H2,1H3,(H,16,20). The van der Waals surface area contributed by atoms with Crippen molar-refractivity contribution >= 4 is 23.2 Å². The van der Waals surface area contributed by atoms with Gasteiger partial charge in [0.1, 0.15) is 5.75 Å². The zero-order chi connectivity index (χ0) is 14.8. The van der Waals surface area contributed by atoms with Crippen LogP contribution in [0.15, 0.2) is 24.4 Å². The highest BCUT2D eigenvalue weighted by molar-refractivity contribution is 6.32. The SMILES string of the molecule is COc1ccc(NC(=O)c2cn(C3CNC3)nn2)cc1Cl. The lowest BCUT2D eigenvalue weighted by molar-refractivity contribution is 0.102. The van der Waals surface area contributed by atoms with Crippen molar-refractivity contribution in [2.45, 2.75) is 6.04 Å². The van der Waals surface area contributed by atoms with Crippen molar-refractivity contribution in [2.24, 2.45) is 0 Å². The highest BCUT2D eigenvalue weighted by atomic mass is 35.5. The molecule has 0 radical (unpaired) electrons. The molecule has 0 atom stereocenters. The fraction of sp³-hybridized carbons (Fsp3) is 0.308. The van der Waals surface area contributed by atoms with Crippen molar-refractivity contribution in [3.8, 4) is 5.75 Å². The molecule has 8 heteroatoms. The molecule has 0 bridgehead atoms.